The molecule has 0 aliphatic carbocycles. The van der Waals surface area contributed by atoms with Crippen molar-refractivity contribution in [2.24, 2.45) is 0 Å². The van der Waals surface area contributed by atoms with Crippen molar-refractivity contribution in [3.63, 3.8) is 0 Å². The predicted molar refractivity (Wildman–Crippen MR) is 72.2 cm³/mol. The molecule has 0 fully saturated rings. The van der Waals surface area contributed by atoms with E-state index in [0.717, 1.165) is 11.3 Å². The van der Waals surface area contributed by atoms with Gasteiger partial charge in [-0.2, -0.15) is 0 Å². The highest BCUT2D eigenvalue weighted by molar-refractivity contribution is 5.67. The summed E-state index contributed by atoms with van der Waals surface area (Å²) in [6.45, 7) is 10.1. The van der Waals surface area contributed by atoms with Crippen LogP contribution in [0.2, 0.25) is 0 Å². The van der Waals surface area contributed by atoms with Crippen molar-refractivity contribution in [3.8, 4) is 0 Å². The molecular weight excluding hydrogens is 198 g/mol. The second-order valence-corrected chi connectivity index (χ2v) is 2.84. The predicted octanol–water partition coefficient (Wildman–Crippen LogP) is 3.74. The topological polar surface area (TPSA) is 29.3 Å². The van der Waals surface area contributed by atoms with Gasteiger partial charge in [0.25, 0.3) is 0 Å². The van der Waals surface area contributed by atoms with Gasteiger partial charge in [0.15, 0.2) is 5.65 Å². The van der Waals surface area contributed by atoms with Crippen molar-refractivity contribution < 1.29 is 0 Å². The van der Waals surface area contributed by atoms with Gasteiger partial charge in [-0.1, -0.05) is 27.7 Å². The van der Waals surface area contributed by atoms with Gasteiger partial charge < -0.3 is 9.72 Å². The molecule has 0 aliphatic rings. The van der Waals surface area contributed by atoms with Gasteiger partial charge in [0.1, 0.15) is 0 Å². The van der Waals surface area contributed by atoms with Crippen LogP contribution < -0.4 is 5.32 Å². The molecular formula is C13H23N3. The summed E-state index contributed by atoms with van der Waals surface area (Å²) in [5.41, 5.74) is 3.27. The van der Waals surface area contributed by atoms with E-state index in [2.05, 4.69) is 29.5 Å². The second kappa shape index (κ2) is 7.74. The van der Waals surface area contributed by atoms with Gasteiger partial charge in [0.2, 0.25) is 0 Å². The van der Waals surface area contributed by atoms with Crippen molar-refractivity contribution in [2.45, 2.75) is 34.6 Å². The van der Waals surface area contributed by atoms with Gasteiger partial charge >= 0.3 is 0 Å². The molecule has 0 atom stereocenters. The van der Waals surface area contributed by atoms with E-state index in [0.29, 0.717) is 0 Å². The number of fused-ring (bicyclic) bond motifs is 1. The molecule has 0 aliphatic heterocycles. The Bertz CT molecular complexity index is 404. The van der Waals surface area contributed by atoms with Gasteiger partial charge in [0.05, 0.1) is 5.69 Å². The number of imidazole rings is 1. The number of aryl methyl sites for hydroxylation is 1. The standard InChI is InChI=1S/C9H11N3.2C2H6/c1-7-5-8(10-2)9-11-3-4-12(9)6-7;2*1-2/h3-6,10H,1-2H3;2*1-2H3. The maximum absolute atomic E-state index is 4.23. The van der Waals surface area contributed by atoms with E-state index in [1.54, 1.807) is 6.20 Å². The van der Waals surface area contributed by atoms with E-state index < -0.39 is 0 Å². The highest BCUT2D eigenvalue weighted by atomic mass is 15.0. The van der Waals surface area contributed by atoms with Crippen molar-refractivity contribution in [1.82, 2.24) is 9.38 Å². The first-order valence-electron chi connectivity index (χ1n) is 5.92. The second-order valence-electron chi connectivity index (χ2n) is 2.84. The molecule has 0 saturated carbocycles. The van der Waals surface area contributed by atoms with E-state index >= 15 is 0 Å². The van der Waals surface area contributed by atoms with Gasteiger partial charge in [-0.25, -0.2) is 4.98 Å². The first kappa shape index (κ1) is 14.5. The molecule has 0 unspecified atom stereocenters. The third-order valence-electron chi connectivity index (χ3n) is 1.89. The first-order chi connectivity index (χ1) is 7.81. The van der Waals surface area contributed by atoms with Gasteiger partial charge in [-0.3, -0.25) is 0 Å². The molecule has 2 heterocycles. The lowest BCUT2D eigenvalue weighted by atomic mass is 10.3. The number of hydrogen-bond acceptors (Lipinski definition) is 2. The van der Waals surface area contributed by atoms with E-state index in [9.17, 15) is 0 Å². The van der Waals surface area contributed by atoms with Crippen molar-refractivity contribution >= 4 is 11.3 Å². The van der Waals surface area contributed by atoms with Crippen LogP contribution >= 0.6 is 0 Å². The van der Waals surface area contributed by atoms with Crippen LogP contribution in [-0.4, -0.2) is 16.4 Å². The van der Waals surface area contributed by atoms with Gasteiger partial charge in [0, 0.05) is 25.6 Å². The van der Waals surface area contributed by atoms with Crippen LogP contribution in [0.5, 0.6) is 0 Å². The summed E-state index contributed by atoms with van der Waals surface area (Å²) >= 11 is 0. The molecule has 0 amide bonds. The zero-order valence-corrected chi connectivity index (χ0v) is 11.2. The maximum atomic E-state index is 4.23. The fraction of sp³-hybridized carbons (Fsp3) is 0.462. The van der Waals surface area contributed by atoms with Crippen molar-refractivity contribution in [2.75, 3.05) is 12.4 Å². The molecule has 3 heteroatoms. The largest absolute Gasteiger partial charge is 0.385 e. The maximum Gasteiger partial charge on any atom is 0.160 e. The lowest BCUT2D eigenvalue weighted by molar-refractivity contribution is 1.15. The quantitative estimate of drug-likeness (QED) is 0.795. The number of anilines is 1. The summed E-state index contributed by atoms with van der Waals surface area (Å²) < 4.78 is 2.02. The van der Waals surface area contributed by atoms with Crippen LogP contribution in [0.1, 0.15) is 33.3 Å². The van der Waals surface area contributed by atoms with E-state index in [1.165, 1.54) is 5.56 Å². The number of hydrogen-bond donors (Lipinski definition) is 1. The van der Waals surface area contributed by atoms with Crippen LogP contribution in [0.25, 0.3) is 5.65 Å². The lowest BCUT2D eigenvalue weighted by Crippen LogP contribution is -1.94. The molecule has 0 saturated heterocycles. The third kappa shape index (κ3) is 3.26. The fourth-order valence-corrected chi connectivity index (χ4v) is 1.36. The highest BCUT2D eigenvalue weighted by Gasteiger charge is 2.00. The van der Waals surface area contributed by atoms with Crippen LogP contribution in [-0.2, 0) is 0 Å². The van der Waals surface area contributed by atoms with Gasteiger partial charge in [-0.15, -0.1) is 0 Å². The lowest BCUT2D eigenvalue weighted by Gasteiger charge is -2.03. The summed E-state index contributed by atoms with van der Waals surface area (Å²) in [5, 5.41) is 3.11. The van der Waals surface area contributed by atoms with E-state index in [4.69, 9.17) is 0 Å². The van der Waals surface area contributed by atoms with Crippen LogP contribution in [0, 0.1) is 6.92 Å². The summed E-state index contributed by atoms with van der Waals surface area (Å²) in [6.07, 6.45) is 5.81. The summed E-state index contributed by atoms with van der Waals surface area (Å²) in [7, 11) is 1.91. The fourth-order valence-electron chi connectivity index (χ4n) is 1.36. The van der Waals surface area contributed by atoms with Crippen molar-refractivity contribution in [1.29, 1.82) is 0 Å². The van der Waals surface area contributed by atoms with E-state index in [-0.39, 0.29) is 0 Å². The Labute approximate surface area is 98.5 Å². The molecule has 16 heavy (non-hydrogen) atoms. The zero-order chi connectivity index (χ0) is 12.6. The van der Waals surface area contributed by atoms with Crippen LogP contribution in [0.3, 0.4) is 0 Å². The Morgan fingerprint density at radius 1 is 1.19 bits per heavy atom. The minimum atomic E-state index is 0.975. The number of nitrogens with one attached hydrogen (secondary N) is 1. The minimum Gasteiger partial charge on any atom is -0.385 e. The highest BCUT2D eigenvalue weighted by Crippen LogP contribution is 2.15. The molecule has 2 rings (SSSR count). The Morgan fingerprint density at radius 2 is 1.81 bits per heavy atom. The smallest absolute Gasteiger partial charge is 0.160 e. The molecule has 3 nitrogen and oxygen atoms in total. The summed E-state index contributed by atoms with van der Waals surface area (Å²) in [6, 6.07) is 2.09. The van der Waals surface area contributed by atoms with Crippen LogP contribution in [0.4, 0.5) is 5.69 Å². The summed E-state index contributed by atoms with van der Waals surface area (Å²) in [4.78, 5) is 4.23. The SMILES string of the molecule is CC.CC.CNc1cc(C)cn2ccnc12. The summed E-state index contributed by atoms with van der Waals surface area (Å²) in [5.74, 6) is 0. The molecule has 0 aromatic carbocycles. The molecule has 2 aromatic heterocycles. The zero-order valence-electron chi connectivity index (χ0n) is 11.2. The monoisotopic (exact) mass is 221 g/mol. The average molecular weight is 221 g/mol. The first-order valence-corrected chi connectivity index (χ1v) is 5.92. The van der Waals surface area contributed by atoms with Crippen LogP contribution in [0.15, 0.2) is 24.7 Å². The number of rotatable bonds is 1. The molecule has 1 N–H and O–H groups in total. The van der Waals surface area contributed by atoms with Gasteiger partial charge in [-0.05, 0) is 18.6 Å². The Kier molecular flexibility index (Phi) is 7.01. The van der Waals surface area contributed by atoms with Crippen molar-refractivity contribution in [3.05, 3.63) is 30.2 Å². The van der Waals surface area contributed by atoms with E-state index in [1.807, 2.05) is 45.3 Å². The molecule has 0 bridgehead atoms. The normalized spacial score (nSPS) is 8.62. The third-order valence-corrected chi connectivity index (χ3v) is 1.89. The molecule has 0 radical (unpaired) electrons. The number of nitrogens with zero attached hydrogens (tertiary/aromatic N) is 2. The average Bonchev–Trinajstić information content (AvgIpc) is 2.81. The molecule has 0 spiro atoms. The Morgan fingerprint density at radius 3 is 2.38 bits per heavy atom. The number of pyridine rings is 1. The Hall–Kier alpha value is -1.51. The Balaban J connectivity index is 0.000000509. The number of aromatic nitrogens is 2. The molecule has 90 valence electrons. The minimum absolute atomic E-state index is 0.975. The molecule has 2 aromatic rings.